The van der Waals surface area contributed by atoms with Crippen LogP contribution < -0.4 is 0 Å². The zero-order chi connectivity index (χ0) is 9.52. The Hall–Kier alpha value is -1.62. The number of rotatable bonds is 3. The van der Waals surface area contributed by atoms with Gasteiger partial charge in [0.1, 0.15) is 0 Å². The van der Waals surface area contributed by atoms with Crippen molar-refractivity contribution in [3.05, 3.63) is 35.4 Å². The Morgan fingerprint density at radius 2 is 2.08 bits per heavy atom. The molecule has 0 unspecified atom stereocenters. The molecule has 0 amide bonds. The van der Waals surface area contributed by atoms with Gasteiger partial charge in [-0.25, -0.2) is 0 Å². The van der Waals surface area contributed by atoms with E-state index in [-0.39, 0.29) is 0 Å². The Labute approximate surface area is 78.5 Å². The minimum absolute atomic E-state index is 0.488. The first kappa shape index (κ1) is 9.47. The van der Waals surface area contributed by atoms with E-state index in [1.165, 1.54) is 5.56 Å². The second-order valence-corrected chi connectivity index (χ2v) is 2.85. The van der Waals surface area contributed by atoms with Crippen LogP contribution in [0.5, 0.6) is 0 Å². The highest BCUT2D eigenvalue weighted by Crippen LogP contribution is 2.00. The van der Waals surface area contributed by atoms with Gasteiger partial charge in [-0.15, -0.1) is 0 Å². The summed E-state index contributed by atoms with van der Waals surface area (Å²) in [6, 6.07) is 10.2. The van der Waals surface area contributed by atoms with Crippen LogP contribution in [0.1, 0.15) is 17.5 Å². The van der Waals surface area contributed by atoms with Crippen LogP contribution in [0.25, 0.3) is 0 Å². The number of hydrogen-bond acceptors (Lipinski definition) is 2. The van der Waals surface area contributed by atoms with Crippen LogP contribution in [0.4, 0.5) is 0 Å². The van der Waals surface area contributed by atoms with Gasteiger partial charge in [-0.05, 0) is 12.5 Å². The van der Waals surface area contributed by atoms with E-state index in [0.29, 0.717) is 13.0 Å². The van der Waals surface area contributed by atoms with Gasteiger partial charge in [0, 0.05) is 6.21 Å². The standard InChI is InChI=1S/C11H12N2/c1-10-3-5-11(6-4-10)9-13-8-2-7-12/h3-6,9H,2,8H2,1H3/b13-9+. The van der Waals surface area contributed by atoms with Gasteiger partial charge in [0.05, 0.1) is 19.0 Å². The molecule has 2 heteroatoms. The molecule has 0 bridgehead atoms. The molecule has 1 aromatic carbocycles. The van der Waals surface area contributed by atoms with Crippen molar-refractivity contribution in [2.45, 2.75) is 13.3 Å². The Bertz CT molecular complexity index is 317. The normalized spacial score (nSPS) is 10.2. The monoisotopic (exact) mass is 172 g/mol. The Morgan fingerprint density at radius 3 is 2.69 bits per heavy atom. The summed E-state index contributed by atoms with van der Waals surface area (Å²) in [6.07, 6.45) is 2.29. The molecule has 0 saturated carbocycles. The fourth-order valence-electron chi connectivity index (χ4n) is 0.937. The van der Waals surface area contributed by atoms with Gasteiger partial charge < -0.3 is 0 Å². The van der Waals surface area contributed by atoms with Crippen LogP contribution >= 0.6 is 0 Å². The molecule has 13 heavy (non-hydrogen) atoms. The molecule has 0 atom stereocenters. The maximum absolute atomic E-state index is 8.28. The molecule has 0 aliphatic rings. The molecule has 1 rings (SSSR count). The summed E-state index contributed by atoms with van der Waals surface area (Å²) in [5, 5.41) is 8.28. The van der Waals surface area contributed by atoms with Gasteiger partial charge in [0.2, 0.25) is 0 Å². The van der Waals surface area contributed by atoms with Gasteiger partial charge in [0.25, 0.3) is 0 Å². The first-order chi connectivity index (χ1) is 6.33. The zero-order valence-electron chi connectivity index (χ0n) is 7.70. The summed E-state index contributed by atoms with van der Waals surface area (Å²) in [5.74, 6) is 0. The third-order valence-electron chi connectivity index (χ3n) is 1.67. The minimum Gasteiger partial charge on any atom is -0.291 e. The molecular weight excluding hydrogens is 160 g/mol. The molecule has 66 valence electrons. The molecule has 0 heterocycles. The first-order valence-corrected chi connectivity index (χ1v) is 4.26. The number of nitriles is 1. The van der Waals surface area contributed by atoms with Crippen LogP contribution in [0.2, 0.25) is 0 Å². The first-order valence-electron chi connectivity index (χ1n) is 4.26. The van der Waals surface area contributed by atoms with Gasteiger partial charge in [-0.3, -0.25) is 4.99 Å². The second-order valence-electron chi connectivity index (χ2n) is 2.85. The topological polar surface area (TPSA) is 36.1 Å². The predicted octanol–water partition coefficient (Wildman–Crippen LogP) is 2.33. The predicted molar refractivity (Wildman–Crippen MR) is 53.9 cm³/mol. The average Bonchev–Trinajstić information content (AvgIpc) is 2.15. The highest BCUT2D eigenvalue weighted by molar-refractivity contribution is 5.79. The van der Waals surface area contributed by atoms with E-state index < -0.39 is 0 Å². The molecule has 0 fully saturated rings. The van der Waals surface area contributed by atoms with E-state index in [2.05, 4.69) is 11.9 Å². The minimum atomic E-state index is 0.488. The molecule has 0 radical (unpaired) electrons. The van der Waals surface area contributed by atoms with Crippen molar-refractivity contribution in [1.29, 1.82) is 5.26 Å². The van der Waals surface area contributed by atoms with E-state index >= 15 is 0 Å². The number of aryl methyl sites for hydroxylation is 1. The molecule has 0 aliphatic carbocycles. The molecule has 1 aromatic rings. The zero-order valence-corrected chi connectivity index (χ0v) is 7.70. The van der Waals surface area contributed by atoms with Gasteiger partial charge in [0.15, 0.2) is 0 Å². The van der Waals surface area contributed by atoms with Crippen LogP contribution in [0.3, 0.4) is 0 Å². The lowest BCUT2D eigenvalue weighted by Crippen LogP contribution is -1.83. The highest BCUT2D eigenvalue weighted by atomic mass is 14.7. The number of benzene rings is 1. The van der Waals surface area contributed by atoms with Crippen molar-refractivity contribution in [2.75, 3.05) is 6.54 Å². The van der Waals surface area contributed by atoms with E-state index in [0.717, 1.165) is 5.56 Å². The third-order valence-corrected chi connectivity index (χ3v) is 1.67. The van der Waals surface area contributed by atoms with Crippen LogP contribution in [0.15, 0.2) is 29.3 Å². The Balaban J connectivity index is 2.50. The number of hydrogen-bond donors (Lipinski definition) is 0. The maximum atomic E-state index is 8.28. The van der Waals surface area contributed by atoms with Crippen molar-refractivity contribution in [1.82, 2.24) is 0 Å². The maximum Gasteiger partial charge on any atom is 0.0641 e. The van der Waals surface area contributed by atoms with E-state index in [1.807, 2.05) is 30.3 Å². The summed E-state index contributed by atoms with van der Waals surface area (Å²) in [6.45, 7) is 2.64. The summed E-state index contributed by atoms with van der Waals surface area (Å²) in [5.41, 5.74) is 2.33. The highest BCUT2D eigenvalue weighted by Gasteiger charge is 1.86. The largest absolute Gasteiger partial charge is 0.291 e. The van der Waals surface area contributed by atoms with Crippen molar-refractivity contribution >= 4 is 6.21 Å². The van der Waals surface area contributed by atoms with Crippen LogP contribution in [-0.4, -0.2) is 12.8 Å². The van der Waals surface area contributed by atoms with Crippen molar-refractivity contribution in [3.8, 4) is 6.07 Å². The lowest BCUT2D eigenvalue weighted by Gasteiger charge is -1.93. The molecule has 0 spiro atoms. The van der Waals surface area contributed by atoms with Gasteiger partial charge in [-0.2, -0.15) is 5.26 Å². The quantitative estimate of drug-likeness (QED) is 0.509. The average molecular weight is 172 g/mol. The van der Waals surface area contributed by atoms with Gasteiger partial charge >= 0.3 is 0 Å². The van der Waals surface area contributed by atoms with Crippen molar-refractivity contribution in [2.24, 2.45) is 4.99 Å². The number of aliphatic imine (C=N–C) groups is 1. The van der Waals surface area contributed by atoms with E-state index in [4.69, 9.17) is 5.26 Å². The third kappa shape index (κ3) is 3.53. The summed E-state index contributed by atoms with van der Waals surface area (Å²) in [7, 11) is 0. The summed E-state index contributed by atoms with van der Waals surface area (Å²) >= 11 is 0. The fraction of sp³-hybridized carbons (Fsp3) is 0.273. The second kappa shape index (κ2) is 5.10. The van der Waals surface area contributed by atoms with Crippen LogP contribution in [0, 0.1) is 18.3 Å². The van der Waals surface area contributed by atoms with Crippen LogP contribution in [-0.2, 0) is 0 Å². The lowest BCUT2D eigenvalue weighted by molar-refractivity contribution is 1.02. The van der Waals surface area contributed by atoms with Crippen molar-refractivity contribution < 1.29 is 0 Å². The van der Waals surface area contributed by atoms with Gasteiger partial charge in [-0.1, -0.05) is 29.8 Å². The molecule has 0 saturated heterocycles. The summed E-state index contributed by atoms with van der Waals surface area (Å²) < 4.78 is 0. The lowest BCUT2D eigenvalue weighted by atomic mass is 10.2. The molecule has 2 nitrogen and oxygen atoms in total. The smallest absolute Gasteiger partial charge is 0.0641 e. The molecule has 0 aromatic heterocycles. The molecule has 0 N–H and O–H groups in total. The number of nitrogens with zero attached hydrogens (tertiary/aromatic N) is 2. The molecule has 0 aliphatic heterocycles. The van der Waals surface area contributed by atoms with Crippen molar-refractivity contribution in [3.63, 3.8) is 0 Å². The molecular formula is C11H12N2. The van der Waals surface area contributed by atoms with E-state index in [1.54, 1.807) is 6.21 Å². The SMILES string of the molecule is Cc1ccc(/C=N/CCC#N)cc1. The summed E-state index contributed by atoms with van der Waals surface area (Å²) in [4.78, 5) is 4.11. The Kier molecular flexibility index (Phi) is 3.72. The van der Waals surface area contributed by atoms with E-state index in [9.17, 15) is 0 Å². The Morgan fingerprint density at radius 1 is 1.38 bits per heavy atom. The fourth-order valence-corrected chi connectivity index (χ4v) is 0.937.